The highest BCUT2D eigenvalue weighted by Crippen LogP contribution is 2.40. The van der Waals surface area contributed by atoms with Gasteiger partial charge in [-0.05, 0) is 36.8 Å². The molecule has 0 spiro atoms. The summed E-state index contributed by atoms with van der Waals surface area (Å²) in [5.74, 6) is 0. The van der Waals surface area contributed by atoms with E-state index in [1.165, 1.54) is 36.9 Å². The molecule has 0 amide bonds. The van der Waals surface area contributed by atoms with E-state index >= 15 is 0 Å². The predicted octanol–water partition coefficient (Wildman–Crippen LogP) is 4.04. The van der Waals surface area contributed by atoms with Crippen molar-refractivity contribution >= 4 is 22.9 Å². The molecule has 110 valence electrons. The zero-order valence-corrected chi connectivity index (χ0v) is 13.7. The van der Waals surface area contributed by atoms with Crippen molar-refractivity contribution in [3.63, 3.8) is 0 Å². The highest BCUT2D eigenvalue weighted by Gasteiger charge is 2.32. The van der Waals surface area contributed by atoms with Crippen LogP contribution in [-0.4, -0.2) is 18.1 Å². The molecule has 2 N–H and O–H groups in total. The summed E-state index contributed by atoms with van der Waals surface area (Å²) in [5, 5.41) is 0. The fourth-order valence-electron chi connectivity index (χ4n) is 3.44. The van der Waals surface area contributed by atoms with Crippen LogP contribution >= 0.6 is 12.2 Å². The summed E-state index contributed by atoms with van der Waals surface area (Å²) in [5.41, 5.74) is 10.00. The summed E-state index contributed by atoms with van der Waals surface area (Å²) in [6.45, 7) is 9.03. The number of hydrogen-bond acceptors (Lipinski definition) is 2. The van der Waals surface area contributed by atoms with Gasteiger partial charge in [0.15, 0.2) is 0 Å². The molecule has 2 nitrogen and oxygen atoms in total. The minimum absolute atomic E-state index is 0.506. The number of thiocarbonyl (C=S) groups is 1. The van der Waals surface area contributed by atoms with Crippen molar-refractivity contribution in [1.82, 2.24) is 0 Å². The molecule has 1 saturated heterocycles. The average Bonchev–Trinajstić information content (AvgIpc) is 2.47. The van der Waals surface area contributed by atoms with Crippen LogP contribution in [0.5, 0.6) is 0 Å². The van der Waals surface area contributed by atoms with E-state index < -0.39 is 0 Å². The third kappa shape index (κ3) is 2.83. The average molecular weight is 290 g/mol. The van der Waals surface area contributed by atoms with Gasteiger partial charge in [-0.2, -0.15) is 0 Å². The molecule has 0 atom stereocenters. The fourth-order valence-corrected chi connectivity index (χ4v) is 3.60. The summed E-state index contributed by atoms with van der Waals surface area (Å²) >= 11 is 5.22. The van der Waals surface area contributed by atoms with Gasteiger partial charge >= 0.3 is 0 Å². The largest absolute Gasteiger partial charge is 0.389 e. The van der Waals surface area contributed by atoms with Crippen molar-refractivity contribution in [1.29, 1.82) is 0 Å². The highest BCUT2D eigenvalue weighted by molar-refractivity contribution is 7.80. The first-order valence-corrected chi connectivity index (χ1v) is 8.08. The second-order valence-electron chi connectivity index (χ2n) is 6.03. The van der Waals surface area contributed by atoms with Crippen LogP contribution in [0.25, 0.3) is 0 Å². The van der Waals surface area contributed by atoms with E-state index in [4.69, 9.17) is 18.0 Å². The number of nitrogens with zero attached hydrogens (tertiary/aromatic N) is 1. The van der Waals surface area contributed by atoms with Crippen LogP contribution in [-0.2, 0) is 0 Å². The van der Waals surface area contributed by atoms with Crippen LogP contribution in [0.1, 0.15) is 50.7 Å². The number of benzene rings is 1. The molecule has 1 fully saturated rings. The maximum absolute atomic E-state index is 5.90. The molecule has 0 aliphatic carbocycles. The van der Waals surface area contributed by atoms with Gasteiger partial charge < -0.3 is 10.6 Å². The van der Waals surface area contributed by atoms with E-state index in [2.05, 4.69) is 31.7 Å². The maximum Gasteiger partial charge on any atom is 0.106 e. The lowest BCUT2D eigenvalue weighted by molar-refractivity contribution is 0.199. The van der Waals surface area contributed by atoms with Crippen molar-refractivity contribution in [2.75, 3.05) is 18.0 Å². The van der Waals surface area contributed by atoms with Gasteiger partial charge in [0, 0.05) is 24.3 Å². The van der Waals surface area contributed by atoms with E-state index in [0.717, 1.165) is 18.7 Å². The Kier molecular flexibility index (Phi) is 4.69. The van der Waals surface area contributed by atoms with Gasteiger partial charge in [0.25, 0.3) is 0 Å². The highest BCUT2D eigenvalue weighted by atomic mass is 32.1. The van der Waals surface area contributed by atoms with Crippen LogP contribution < -0.4 is 10.6 Å². The monoisotopic (exact) mass is 290 g/mol. The summed E-state index contributed by atoms with van der Waals surface area (Å²) in [4.78, 5) is 2.99. The standard InChI is InChI=1S/C17H26N2S/c1-4-17(5-2)9-11-19(12-10-17)15-13(3)7-6-8-14(15)16(18)20/h6-8H,4-5,9-12H2,1-3H3,(H2,18,20). The molecule has 3 heteroatoms. The van der Waals surface area contributed by atoms with Gasteiger partial charge in [0.1, 0.15) is 4.99 Å². The van der Waals surface area contributed by atoms with Crippen molar-refractivity contribution in [2.45, 2.75) is 46.5 Å². The molecular weight excluding hydrogens is 264 g/mol. The van der Waals surface area contributed by atoms with E-state index in [1.54, 1.807) is 0 Å². The molecule has 0 unspecified atom stereocenters. The Morgan fingerprint density at radius 3 is 2.35 bits per heavy atom. The molecule has 0 bridgehead atoms. The van der Waals surface area contributed by atoms with Crippen molar-refractivity contribution in [3.05, 3.63) is 29.3 Å². The lowest BCUT2D eigenvalue weighted by Crippen LogP contribution is -2.40. The first kappa shape index (κ1) is 15.3. The summed E-state index contributed by atoms with van der Waals surface area (Å²) in [6, 6.07) is 6.24. The number of anilines is 1. The third-order valence-corrected chi connectivity index (χ3v) is 5.36. The lowest BCUT2D eigenvalue weighted by atomic mass is 9.74. The van der Waals surface area contributed by atoms with Crippen LogP contribution in [0, 0.1) is 12.3 Å². The Bertz CT molecular complexity index is 482. The zero-order chi connectivity index (χ0) is 14.8. The molecular formula is C17H26N2S. The zero-order valence-electron chi connectivity index (χ0n) is 12.9. The molecule has 20 heavy (non-hydrogen) atoms. The maximum atomic E-state index is 5.90. The SMILES string of the molecule is CCC1(CC)CCN(c2c(C)cccc2C(N)=S)CC1. The minimum atomic E-state index is 0.506. The Labute approximate surface area is 128 Å². The first-order valence-electron chi connectivity index (χ1n) is 7.67. The normalized spacial score (nSPS) is 18.1. The molecule has 1 aliphatic rings. The second-order valence-corrected chi connectivity index (χ2v) is 6.47. The summed E-state index contributed by atoms with van der Waals surface area (Å²) in [7, 11) is 0. The fraction of sp³-hybridized carbons (Fsp3) is 0.588. The molecule has 2 rings (SSSR count). The van der Waals surface area contributed by atoms with Crippen LogP contribution in [0.15, 0.2) is 18.2 Å². The lowest BCUT2D eigenvalue weighted by Gasteiger charge is -2.43. The Morgan fingerprint density at radius 1 is 1.25 bits per heavy atom. The topological polar surface area (TPSA) is 29.3 Å². The predicted molar refractivity (Wildman–Crippen MR) is 91.5 cm³/mol. The Hall–Kier alpha value is -1.09. The van der Waals surface area contributed by atoms with Crippen molar-refractivity contribution in [2.24, 2.45) is 11.1 Å². The summed E-state index contributed by atoms with van der Waals surface area (Å²) < 4.78 is 0. The number of para-hydroxylation sites is 1. The smallest absolute Gasteiger partial charge is 0.106 e. The van der Waals surface area contributed by atoms with Crippen LogP contribution in [0.2, 0.25) is 0 Å². The van der Waals surface area contributed by atoms with E-state index in [9.17, 15) is 0 Å². The van der Waals surface area contributed by atoms with Gasteiger partial charge in [-0.15, -0.1) is 0 Å². The molecule has 1 heterocycles. The minimum Gasteiger partial charge on any atom is -0.389 e. The third-order valence-electron chi connectivity index (χ3n) is 5.14. The number of nitrogens with two attached hydrogens (primary N) is 1. The molecule has 1 aromatic rings. The number of piperidine rings is 1. The van der Waals surface area contributed by atoms with E-state index in [1.807, 2.05) is 12.1 Å². The Morgan fingerprint density at radius 2 is 1.85 bits per heavy atom. The van der Waals surface area contributed by atoms with Gasteiger partial charge in [-0.3, -0.25) is 0 Å². The van der Waals surface area contributed by atoms with Crippen LogP contribution in [0.3, 0.4) is 0 Å². The van der Waals surface area contributed by atoms with E-state index in [0.29, 0.717) is 10.4 Å². The van der Waals surface area contributed by atoms with Gasteiger partial charge in [0.2, 0.25) is 0 Å². The molecule has 0 radical (unpaired) electrons. The number of aryl methyl sites for hydroxylation is 1. The van der Waals surface area contributed by atoms with Crippen molar-refractivity contribution < 1.29 is 0 Å². The van der Waals surface area contributed by atoms with Gasteiger partial charge in [-0.1, -0.05) is 51.0 Å². The van der Waals surface area contributed by atoms with Gasteiger partial charge in [-0.25, -0.2) is 0 Å². The molecule has 1 aromatic carbocycles. The molecule has 0 saturated carbocycles. The second kappa shape index (κ2) is 6.13. The summed E-state index contributed by atoms with van der Waals surface area (Å²) in [6.07, 6.45) is 5.11. The first-order chi connectivity index (χ1) is 9.53. The van der Waals surface area contributed by atoms with Crippen molar-refractivity contribution in [3.8, 4) is 0 Å². The van der Waals surface area contributed by atoms with E-state index in [-0.39, 0.29) is 0 Å². The quantitative estimate of drug-likeness (QED) is 0.849. The van der Waals surface area contributed by atoms with Crippen LogP contribution in [0.4, 0.5) is 5.69 Å². The number of rotatable bonds is 4. The molecule has 0 aromatic heterocycles. The van der Waals surface area contributed by atoms with Gasteiger partial charge in [0.05, 0.1) is 0 Å². The number of hydrogen-bond donors (Lipinski definition) is 1. The Balaban J connectivity index is 2.25. The molecule has 1 aliphatic heterocycles.